The summed E-state index contributed by atoms with van der Waals surface area (Å²) in [6.07, 6.45) is 0. The molecule has 0 aliphatic rings. The first-order valence-electron chi connectivity index (χ1n) is 3.45. The van der Waals surface area contributed by atoms with Crippen LogP contribution in [0.5, 0.6) is 0 Å². The van der Waals surface area contributed by atoms with Crippen molar-refractivity contribution in [3.8, 4) is 6.07 Å². The maximum atomic E-state index is 8.82. The van der Waals surface area contributed by atoms with Gasteiger partial charge in [-0.05, 0) is 20.4 Å². The molecule has 11 heavy (non-hydrogen) atoms. The average molecular weight is 173 g/mol. The number of hydrogen-bond acceptors (Lipinski definition) is 3. The highest BCUT2D eigenvalue weighted by Crippen LogP contribution is 2.36. The number of nitrogens with zero attached hydrogens (tertiary/aromatic N) is 1. The Labute approximate surface area is 69.2 Å². The second-order valence-corrected chi connectivity index (χ2v) is 7.05. The molecule has 0 saturated carbocycles. The monoisotopic (exact) mass is 173 g/mol. The Hall–Kier alpha value is -0.373. The standard InChI is InChI=1S/C7H15NO2Si/c1-7(2,6-8)11(5,9-3)10-4/h1-5H3. The third-order valence-electron chi connectivity index (χ3n) is 2.19. The van der Waals surface area contributed by atoms with Crippen molar-refractivity contribution in [3.05, 3.63) is 0 Å². The molecule has 0 aromatic carbocycles. The topological polar surface area (TPSA) is 42.2 Å². The van der Waals surface area contributed by atoms with Crippen LogP contribution in [0.2, 0.25) is 11.6 Å². The molecule has 3 nitrogen and oxygen atoms in total. The summed E-state index contributed by atoms with van der Waals surface area (Å²) < 4.78 is 10.5. The first-order valence-corrected chi connectivity index (χ1v) is 5.76. The Morgan fingerprint density at radius 1 is 1.27 bits per heavy atom. The van der Waals surface area contributed by atoms with Gasteiger partial charge >= 0.3 is 8.56 Å². The van der Waals surface area contributed by atoms with Gasteiger partial charge in [-0.2, -0.15) is 5.26 Å². The van der Waals surface area contributed by atoms with Crippen LogP contribution in [0, 0.1) is 11.3 Å². The summed E-state index contributed by atoms with van der Waals surface area (Å²) in [5, 5.41) is 8.31. The highest BCUT2D eigenvalue weighted by atomic mass is 28.4. The van der Waals surface area contributed by atoms with Crippen molar-refractivity contribution in [2.75, 3.05) is 14.2 Å². The van der Waals surface area contributed by atoms with Crippen LogP contribution in [0.1, 0.15) is 13.8 Å². The van der Waals surface area contributed by atoms with E-state index in [2.05, 4.69) is 6.07 Å². The Balaban J connectivity index is 4.65. The SMILES string of the molecule is CO[Si](C)(OC)C(C)(C)C#N. The first-order chi connectivity index (χ1) is 4.93. The summed E-state index contributed by atoms with van der Waals surface area (Å²) in [7, 11) is 0.898. The van der Waals surface area contributed by atoms with Crippen molar-refractivity contribution in [2.24, 2.45) is 0 Å². The number of hydrogen-bond donors (Lipinski definition) is 0. The number of nitriles is 1. The molecule has 0 N–H and O–H groups in total. The molecule has 0 bridgehead atoms. The van der Waals surface area contributed by atoms with E-state index in [4.69, 9.17) is 14.1 Å². The molecule has 0 saturated heterocycles. The number of rotatable bonds is 3. The molecule has 0 spiro atoms. The van der Waals surface area contributed by atoms with Gasteiger partial charge in [0.25, 0.3) is 0 Å². The molecular formula is C7H15NO2Si. The molecule has 4 heteroatoms. The summed E-state index contributed by atoms with van der Waals surface area (Å²) >= 11 is 0. The van der Waals surface area contributed by atoms with Gasteiger partial charge < -0.3 is 8.85 Å². The highest BCUT2D eigenvalue weighted by molar-refractivity contribution is 6.70. The van der Waals surface area contributed by atoms with Crippen molar-refractivity contribution in [1.29, 1.82) is 5.26 Å². The van der Waals surface area contributed by atoms with Crippen molar-refractivity contribution >= 4 is 8.56 Å². The first kappa shape index (κ1) is 10.6. The van der Waals surface area contributed by atoms with Gasteiger partial charge in [0.2, 0.25) is 0 Å². The van der Waals surface area contributed by atoms with Crippen LogP contribution in [0.4, 0.5) is 0 Å². The van der Waals surface area contributed by atoms with Crippen LogP contribution in [-0.2, 0) is 8.85 Å². The minimum Gasteiger partial charge on any atom is -0.397 e. The van der Waals surface area contributed by atoms with Gasteiger partial charge in [0.05, 0.1) is 11.1 Å². The third kappa shape index (κ3) is 1.80. The Morgan fingerprint density at radius 2 is 1.64 bits per heavy atom. The summed E-state index contributed by atoms with van der Waals surface area (Å²) in [4.78, 5) is 0. The molecule has 0 radical (unpaired) electrons. The largest absolute Gasteiger partial charge is 0.397 e. The molecule has 0 atom stereocenters. The molecule has 0 aromatic heterocycles. The van der Waals surface area contributed by atoms with E-state index in [1.54, 1.807) is 14.2 Å². The second-order valence-electron chi connectivity index (χ2n) is 3.09. The van der Waals surface area contributed by atoms with Crippen LogP contribution in [-0.4, -0.2) is 22.8 Å². The van der Waals surface area contributed by atoms with E-state index in [1.807, 2.05) is 20.4 Å². The molecule has 0 aliphatic heterocycles. The molecule has 0 rings (SSSR count). The zero-order chi connectivity index (χ0) is 9.12. The normalized spacial score (nSPS) is 12.7. The molecule has 0 amide bonds. The van der Waals surface area contributed by atoms with Gasteiger partial charge in [-0.15, -0.1) is 0 Å². The van der Waals surface area contributed by atoms with Crippen molar-refractivity contribution in [3.63, 3.8) is 0 Å². The van der Waals surface area contributed by atoms with Gasteiger partial charge in [-0.1, -0.05) is 0 Å². The maximum Gasteiger partial charge on any atom is 0.354 e. The molecule has 0 heterocycles. The van der Waals surface area contributed by atoms with Gasteiger partial charge in [0.1, 0.15) is 0 Å². The Bertz CT molecular complexity index is 170. The zero-order valence-electron chi connectivity index (χ0n) is 7.76. The van der Waals surface area contributed by atoms with Gasteiger partial charge in [0.15, 0.2) is 0 Å². The fourth-order valence-corrected chi connectivity index (χ4v) is 2.09. The van der Waals surface area contributed by atoms with Crippen molar-refractivity contribution < 1.29 is 8.85 Å². The van der Waals surface area contributed by atoms with E-state index in [0.29, 0.717) is 0 Å². The molecule has 0 unspecified atom stereocenters. The quantitative estimate of drug-likeness (QED) is 0.609. The summed E-state index contributed by atoms with van der Waals surface area (Å²) in [5.41, 5.74) is 0. The second kappa shape index (κ2) is 3.35. The highest BCUT2D eigenvalue weighted by Gasteiger charge is 2.47. The predicted molar refractivity (Wildman–Crippen MR) is 45.3 cm³/mol. The molecule has 0 aromatic rings. The summed E-state index contributed by atoms with van der Waals surface area (Å²) in [6, 6.07) is 2.20. The lowest BCUT2D eigenvalue weighted by molar-refractivity contribution is 0.230. The molecular weight excluding hydrogens is 158 g/mol. The summed E-state index contributed by atoms with van der Waals surface area (Å²) in [5.74, 6) is 0. The smallest absolute Gasteiger partial charge is 0.354 e. The fraction of sp³-hybridized carbons (Fsp3) is 0.857. The van der Waals surface area contributed by atoms with E-state index in [0.717, 1.165) is 0 Å². The molecule has 64 valence electrons. The van der Waals surface area contributed by atoms with E-state index < -0.39 is 13.6 Å². The minimum absolute atomic E-state index is 0.503. The zero-order valence-corrected chi connectivity index (χ0v) is 8.76. The van der Waals surface area contributed by atoms with Crippen molar-refractivity contribution in [2.45, 2.75) is 25.4 Å². The van der Waals surface area contributed by atoms with Crippen LogP contribution in [0.15, 0.2) is 0 Å². The van der Waals surface area contributed by atoms with E-state index >= 15 is 0 Å². The van der Waals surface area contributed by atoms with E-state index in [-0.39, 0.29) is 0 Å². The van der Waals surface area contributed by atoms with E-state index in [1.165, 1.54) is 0 Å². The predicted octanol–water partition coefficient (Wildman–Crippen LogP) is 1.65. The Morgan fingerprint density at radius 3 is 1.73 bits per heavy atom. The van der Waals surface area contributed by atoms with E-state index in [9.17, 15) is 0 Å². The summed E-state index contributed by atoms with van der Waals surface area (Å²) in [6.45, 7) is 5.56. The van der Waals surface area contributed by atoms with Crippen LogP contribution in [0.3, 0.4) is 0 Å². The average Bonchev–Trinajstić information content (AvgIpc) is 2.02. The van der Waals surface area contributed by atoms with Crippen molar-refractivity contribution in [1.82, 2.24) is 0 Å². The Kier molecular flexibility index (Phi) is 3.24. The van der Waals surface area contributed by atoms with Crippen LogP contribution < -0.4 is 0 Å². The van der Waals surface area contributed by atoms with Gasteiger partial charge in [-0.3, -0.25) is 0 Å². The van der Waals surface area contributed by atoms with Gasteiger partial charge in [0, 0.05) is 14.2 Å². The third-order valence-corrected chi connectivity index (χ3v) is 6.13. The lowest BCUT2D eigenvalue weighted by atomic mass is 10.2. The molecule has 0 aliphatic carbocycles. The lowest BCUT2D eigenvalue weighted by Gasteiger charge is -2.32. The lowest BCUT2D eigenvalue weighted by Crippen LogP contribution is -2.46. The van der Waals surface area contributed by atoms with Crippen LogP contribution in [0.25, 0.3) is 0 Å². The van der Waals surface area contributed by atoms with Gasteiger partial charge in [-0.25, -0.2) is 0 Å². The molecule has 0 fully saturated rings. The minimum atomic E-state index is -2.29. The van der Waals surface area contributed by atoms with Crippen LogP contribution >= 0.6 is 0 Å². The fourth-order valence-electron chi connectivity index (χ4n) is 0.695. The maximum absolute atomic E-state index is 8.82.